The van der Waals surface area contributed by atoms with Crippen LogP contribution in [0.15, 0.2) is 77.5 Å². The first-order valence-electron chi connectivity index (χ1n) is 10.6. The summed E-state index contributed by atoms with van der Waals surface area (Å²) in [6, 6.07) is 18.7. The van der Waals surface area contributed by atoms with Crippen LogP contribution in [0.4, 0.5) is 17.1 Å². The third-order valence-corrected chi connectivity index (χ3v) is 5.70. The molecule has 35 heavy (non-hydrogen) atoms. The molecule has 0 unspecified atom stereocenters. The molecular formula is C26H22ClN3O5. The lowest BCUT2D eigenvalue weighted by Gasteiger charge is -2.18. The van der Waals surface area contributed by atoms with Crippen molar-refractivity contribution in [1.82, 2.24) is 0 Å². The molecule has 3 aromatic carbocycles. The number of para-hydroxylation sites is 2. The van der Waals surface area contributed by atoms with Crippen LogP contribution in [-0.2, 0) is 9.59 Å². The second-order valence-corrected chi connectivity index (χ2v) is 8.05. The van der Waals surface area contributed by atoms with Crippen LogP contribution in [0.2, 0.25) is 0 Å². The highest BCUT2D eigenvalue weighted by atomic mass is 35.5. The average molecular weight is 492 g/mol. The van der Waals surface area contributed by atoms with Gasteiger partial charge in [-0.3, -0.25) is 14.4 Å². The third kappa shape index (κ3) is 4.69. The number of anilines is 3. The number of nitrogens with one attached hydrogen (secondary N) is 2. The van der Waals surface area contributed by atoms with Gasteiger partial charge in [0.1, 0.15) is 22.2 Å². The Morgan fingerprint density at radius 3 is 2.37 bits per heavy atom. The fraction of sp³-hybridized carbons (Fsp3) is 0.115. The van der Waals surface area contributed by atoms with Gasteiger partial charge in [-0.2, -0.15) is 0 Å². The van der Waals surface area contributed by atoms with E-state index in [1.807, 2.05) is 13.0 Å². The highest BCUT2D eigenvalue weighted by Crippen LogP contribution is 2.36. The minimum absolute atomic E-state index is 0.0949. The number of carbonyl (C=O) groups excluding carboxylic acids is 3. The molecule has 0 radical (unpaired) electrons. The number of rotatable bonds is 7. The molecule has 2 N–H and O–H groups in total. The van der Waals surface area contributed by atoms with Crippen molar-refractivity contribution in [2.75, 3.05) is 29.8 Å². The number of halogens is 1. The topological polar surface area (TPSA) is 97.0 Å². The summed E-state index contributed by atoms with van der Waals surface area (Å²) in [5.74, 6) is -0.800. The number of benzene rings is 3. The van der Waals surface area contributed by atoms with Gasteiger partial charge in [-0.1, -0.05) is 35.9 Å². The molecule has 0 bridgehead atoms. The molecule has 0 saturated heterocycles. The summed E-state index contributed by atoms with van der Waals surface area (Å²) in [7, 11) is 2.97. The van der Waals surface area contributed by atoms with Crippen molar-refractivity contribution in [2.24, 2.45) is 0 Å². The van der Waals surface area contributed by atoms with Gasteiger partial charge in [-0.05, 0) is 55.0 Å². The van der Waals surface area contributed by atoms with Crippen LogP contribution in [0.3, 0.4) is 0 Å². The quantitative estimate of drug-likeness (QED) is 0.465. The molecule has 1 aliphatic rings. The van der Waals surface area contributed by atoms with Crippen LogP contribution in [0.1, 0.15) is 15.9 Å². The maximum atomic E-state index is 13.2. The van der Waals surface area contributed by atoms with E-state index in [-0.39, 0.29) is 16.6 Å². The fourth-order valence-corrected chi connectivity index (χ4v) is 3.84. The molecule has 1 aliphatic heterocycles. The van der Waals surface area contributed by atoms with Gasteiger partial charge in [0.2, 0.25) is 0 Å². The zero-order valence-corrected chi connectivity index (χ0v) is 20.0. The zero-order chi connectivity index (χ0) is 25.1. The summed E-state index contributed by atoms with van der Waals surface area (Å²) >= 11 is 6.27. The lowest BCUT2D eigenvalue weighted by Crippen LogP contribution is -2.32. The average Bonchev–Trinajstić information content (AvgIpc) is 3.07. The number of hydrogen-bond donors (Lipinski definition) is 2. The molecule has 0 aromatic heterocycles. The van der Waals surface area contributed by atoms with Crippen molar-refractivity contribution in [3.63, 3.8) is 0 Å². The summed E-state index contributed by atoms with van der Waals surface area (Å²) in [5, 5.41) is 5.43. The van der Waals surface area contributed by atoms with Crippen molar-refractivity contribution in [2.45, 2.75) is 6.92 Å². The number of aryl methyl sites for hydroxylation is 1. The second-order valence-electron chi connectivity index (χ2n) is 7.67. The minimum Gasteiger partial charge on any atom is -0.495 e. The number of amides is 3. The van der Waals surface area contributed by atoms with Crippen LogP contribution >= 0.6 is 11.6 Å². The van der Waals surface area contributed by atoms with Crippen LogP contribution in [0.25, 0.3) is 0 Å². The molecule has 178 valence electrons. The molecule has 3 aromatic rings. The van der Waals surface area contributed by atoms with Crippen molar-refractivity contribution in [3.8, 4) is 11.5 Å². The summed E-state index contributed by atoms with van der Waals surface area (Å²) in [6.07, 6.45) is 0. The van der Waals surface area contributed by atoms with E-state index in [0.717, 1.165) is 10.5 Å². The predicted molar refractivity (Wildman–Crippen MR) is 134 cm³/mol. The van der Waals surface area contributed by atoms with E-state index in [9.17, 15) is 14.4 Å². The highest BCUT2D eigenvalue weighted by Gasteiger charge is 2.40. The smallest absolute Gasteiger partial charge is 0.283 e. The molecule has 1 heterocycles. The molecule has 0 aliphatic carbocycles. The standard InChI is InChI=1S/C26H22ClN3O5/c1-15-11-12-21(35-3)19(13-15)30-25(32)22(27)23(26(30)33)28-17-8-6-7-16(14-17)24(31)29-18-9-4-5-10-20(18)34-2/h4-14,28H,1-3H3,(H,29,31). The van der Waals surface area contributed by atoms with Gasteiger partial charge in [-0.25, -0.2) is 4.90 Å². The lowest BCUT2D eigenvalue weighted by atomic mass is 10.1. The zero-order valence-electron chi connectivity index (χ0n) is 19.2. The molecule has 8 nitrogen and oxygen atoms in total. The fourth-order valence-electron chi connectivity index (χ4n) is 3.63. The number of ether oxygens (including phenoxy) is 2. The van der Waals surface area contributed by atoms with E-state index < -0.39 is 11.8 Å². The van der Waals surface area contributed by atoms with E-state index in [2.05, 4.69) is 10.6 Å². The van der Waals surface area contributed by atoms with E-state index in [1.165, 1.54) is 14.2 Å². The monoisotopic (exact) mass is 491 g/mol. The van der Waals surface area contributed by atoms with Crippen LogP contribution in [0.5, 0.6) is 11.5 Å². The predicted octanol–water partition coefficient (Wildman–Crippen LogP) is 4.70. The lowest BCUT2D eigenvalue weighted by molar-refractivity contribution is -0.120. The first-order chi connectivity index (χ1) is 16.8. The van der Waals surface area contributed by atoms with Gasteiger partial charge in [0.15, 0.2) is 0 Å². The van der Waals surface area contributed by atoms with Gasteiger partial charge >= 0.3 is 0 Å². The molecule has 0 saturated carbocycles. The Labute approximate surface area is 207 Å². The summed E-state index contributed by atoms with van der Waals surface area (Å²) in [4.78, 5) is 39.9. The van der Waals surface area contributed by atoms with Crippen LogP contribution < -0.4 is 25.0 Å². The number of carbonyl (C=O) groups is 3. The third-order valence-electron chi connectivity index (χ3n) is 5.35. The van der Waals surface area contributed by atoms with Crippen molar-refractivity contribution >= 4 is 46.4 Å². The van der Waals surface area contributed by atoms with Gasteiger partial charge in [-0.15, -0.1) is 0 Å². The number of imide groups is 1. The molecule has 0 spiro atoms. The number of hydrogen-bond acceptors (Lipinski definition) is 6. The Morgan fingerprint density at radius 2 is 1.63 bits per heavy atom. The Morgan fingerprint density at radius 1 is 0.886 bits per heavy atom. The summed E-state index contributed by atoms with van der Waals surface area (Å²) in [6.45, 7) is 1.84. The highest BCUT2D eigenvalue weighted by molar-refractivity contribution is 6.53. The molecule has 9 heteroatoms. The first kappa shape index (κ1) is 23.8. The van der Waals surface area contributed by atoms with Crippen LogP contribution in [-0.4, -0.2) is 31.9 Å². The van der Waals surface area contributed by atoms with Gasteiger partial charge in [0, 0.05) is 11.3 Å². The van der Waals surface area contributed by atoms with Crippen molar-refractivity contribution < 1.29 is 23.9 Å². The molecule has 4 rings (SSSR count). The molecule has 0 fully saturated rings. The molecule has 0 atom stereocenters. The van der Waals surface area contributed by atoms with Crippen molar-refractivity contribution in [1.29, 1.82) is 0 Å². The van der Waals surface area contributed by atoms with Gasteiger partial charge in [0.25, 0.3) is 17.7 Å². The van der Waals surface area contributed by atoms with Gasteiger partial charge in [0.05, 0.1) is 25.6 Å². The Bertz CT molecular complexity index is 1370. The summed E-state index contributed by atoms with van der Waals surface area (Å²) in [5.41, 5.74) is 2.29. The largest absolute Gasteiger partial charge is 0.495 e. The van der Waals surface area contributed by atoms with Crippen molar-refractivity contribution in [3.05, 3.63) is 88.6 Å². The molecular weight excluding hydrogens is 470 g/mol. The van der Waals surface area contributed by atoms with E-state index in [4.69, 9.17) is 21.1 Å². The SMILES string of the molecule is COc1ccccc1NC(=O)c1cccc(NC2=C(Cl)C(=O)N(c3cc(C)ccc3OC)C2=O)c1. The normalized spacial score (nSPS) is 13.2. The minimum atomic E-state index is -0.673. The first-order valence-corrected chi connectivity index (χ1v) is 11.0. The number of methoxy groups -OCH3 is 2. The Balaban J connectivity index is 1.57. The Hall–Kier alpha value is -4.30. The van der Waals surface area contributed by atoms with E-state index >= 15 is 0 Å². The second kappa shape index (κ2) is 9.90. The maximum Gasteiger partial charge on any atom is 0.283 e. The molecule has 3 amide bonds. The Kier molecular flexibility index (Phi) is 6.75. The number of nitrogens with zero attached hydrogens (tertiary/aromatic N) is 1. The summed E-state index contributed by atoms with van der Waals surface area (Å²) < 4.78 is 10.6. The van der Waals surface area contributed by atoms with E-state index in [0.29, 0.717) is 34.1 Å². The maximum absolute atomic E-state index is 13.2. The van der Waals surface area contributed by atoms with Gasteiger partial charge < -0.3 is 20.1 Å². The van der Waals surface area contributed by atoms with Crippen LogP contribution in [0, 0.1) is 6.92 Å². The van der Waals surface area contributed by atoms with E-state index in [1.54, 1.807) is 60.7 Å².